The molecule has 2 aliphatic rings. The van der Waals surface area contributed by atoms with E-state index in [2.05, 4.69) is 5.32 Å². The first-order chi connectivity index (χ1) is 5.02. The lowest BCUT2D eigenvalue weighted by atomic mass is 9.64. The SMILES string of the molecule is NS(=O)(=O)C1CC2(CNC2)C1. The molecule has 1 aliphatic heterocycles. The summed E-state index contributed by atoms with van der Waals surface area (Å²) in [6.07, 6.45) is 1.53. The fraction of sp³-hybridized carbons (Fsp3) is 1.00. The number of nitrogens with two attached hydrogens (primary N) is 1. The van der Waals surface area contributed by atoms with Gasteiger partial charge in [0.05, 0.1) is 5.25 Å². The zero-order valence-electron chi connectivity index (χ0n) is 6.21. The number of hydrogen-bond donors (Lipinski definition) is 2. The van der Waals surface area contributed by atoms with Crippen molar-refractivity contribution in [2.75, 3.05) is 13.1 Å². The van der Waals surface area contributed by atoms with Gasteiger partial charge < -0.3 is 5.32 Å². The second kappa shape index (κ2) is 1.97. The number of sulfonamides is 1. The van der Waals surface area contributed by atoms with E-state index in [-0.39, 0.29) is 5.25 Å². The molecule has 1 heterocycles. The van der Waals surface area contributed by atoms with E-state index in [1.54, 1.807) is 0 Å². The maximum Gasteiger partial charge on any atom is 0.212 e. The third-order valence-corrected chi connectivity index (χ3v) is 4.05. The number of hydrogen-bond acceptors (Lipinski definition) is 3. The Morgan fingerprint density at radius 3 is 2.18 bits per heavy atom. The molecular formula is C6H12N2O2S. The van der Waals surface area contributed by atoms with Crippen LogP contribution in [0.25, 0.3) is 0 Å². The van der Waals surface area contributed by atoms with Crippen molar-refractivity contribution in [1.82, 2.24) is 5.32 Å². The summed E-state index contributed by atoms with van der Waals surface area (Å²) >= 11 is 0. The number of primary sulfonamides is 1. The summed E-state index contributed by atoms with van der Waals surface area (Å²) in [7, 11) is -3.24. The van der Waals surface area contributed by atoms with Gasteiger partial charge in [0, 0.05) is 13.1 Å². The molecule has 3 N–H and O–H groups in total. The molecule has 1 saturated heterocycles. The second-order valence-corrected chi connectivity index (χ2v) is 5.57. The van der Waals surface area contributed by atoms with Gasteiger partial charge in [-0.1, -0.05) is 0 Å². The highest BCUT2D eigenvalue weighted by Gasteiger charge is 2.52. The molecule has 11 heavy (non-hydrogen) atoms. The first kappa shape index (κ1) is 7.52. The molecule has 0 atom stereocenters. The van der Waals surface area contributed by atoms with E-state index in [0.717, 1.165) is 25.9 Å². The first-order valence-corrected chi connectivity index (χ1v) is 5.35. The molecule has 2 fully saturated rings. The minimum Gasteiger partial charge on any atom is -0.316 e. The molecule has 5 heteroatoms. The zero-order chi connectivity index (χ0) is 8.11. The van der Waals surface area contributed by atoms with E-state index in [1.165, 1.54) is 0 Å². The average Bonchev–Trinajstić information content (AvgIpc) is 1.49. The van der Waals surface area contributed by atoms with E-state index in [4.69, 9.17) is 5.14 Å². The molecule has 4 nitrogen and oxygen atoms in total. The average molecular weight is 176 g/mol. The Hall–Kier alpha value is -0.130. The van der Waals surface area contributed by atoms with Gasteiger partial charge in [-0.25, -0.2) is 13.6 Å². The molecule has 1 saturated carbocycles. The van der Waals surface area contributed by atoms with E-state index in [9.17, 15) is 8.42 Å². The first-order valence-electron chi connectivity index (χ1n) is 3.74. The van der Waals surface area contributed by atoms with Gasteiger partial charge in [0.1, 0.15) is 0 Å². The standard InChI is InChI=1S/C6H12N2O2S/c7-11(9,10)5-1-6(2-5)3-8-4-6/h5,8H,1-4H2,(H2,7,9,10). The van der Waals surface area contributed by atoms with E-state index in [1.807, 2.05) is 0 Å². The van der Waals surface area contributed by atoms with Crippen molar-refractivity contribution in [2.45, 2.75) is 18.1 Å². The van der Waals surface area contributed by atoms with Crippen LogP contribution in [0.4, 0.5) is 0 Å². The van der Waals surface area contributed by atoms with Crippen LogP contribution in [0.2, 0.25) is 0 Å². The van der Waals surface area contributed by atoms with E-state index in [0.29, 0.717) is 5.41 Å². The Bertz CT molecular complexity index is 260. The van der Waals surface area contributed by atoms with Crippen LogP contribution in [0.1, 0.15) is 12.8 Å². The van der Waals surface area contributed by atoms with Crippen LogP contribution < -0.4 is 10.5 Å². The third kappa shape index (κ3) is 1.07. The molecule has 0 aromatic rings. The Kier molecular flexibility index (Phi) is 1.34. The Labute approximate surface area is 66.2 Å². The lowest BCUT2D eigenvalue weighted by Crippen LogP contribution is -2.63. The monoisotopic (exact) mass is 176 g/mol. The summed E-state index contributed by atoms with van der Waals surface area (Å²) in [6, 6.07) is 0. The van der Waals surface area contributed by atoms with Crippen molar-refractivity contribution in [3.63, 3.8) is 0 Å². The summed E-state index contributed by atoms with van der Waals surface area (Å²) in [4.78, 5) is 0. The molecule has 0 aromatic heterocycles. The van der Waals surface area contributed by atoms with Gasteiger partial charge >= 0.3 is 0 Å². The zero-order valence-corrected chi connectivity index (χ0v) is 7.02. The molecule has 0 amide bonds. The topological polar surface area (TPSA) is 72.2 Å². The van der Waals surface area contributed by atoms with Crippen molar-refractivity contribution >= 4 is 10.0 Å². The molecule has 0 radical (unpaired) electrons. The highest BCUT2D eigenvalue weighted by Crippen LogP contribution is 2.46. The largest absolute Gasteiger partial charge is 0.316 e. The predicted octanol–water partition coefficient (Wildman–Crippen LogP) is -0.973. The fourth-order valence-corrected chi connectivity index (χ4v) is 3.08. The Morgan fingerprint density at radius 1 is 1.36 bits per heavy atom. The Morgan fingerprint density at radius 2 is 1.91 bits per heavy atom. The molecule has 2 rings (SSSR count). The normalized spacial score (nSPS) is 29.5. The van der Waals surface area contributed by atoms with Crippen LogP contribution >= 0.6 is 0 Å². The highest BCUT2D eigenvalue weighted by molar-refractivity contribution is 7.89. The van der Waals surface area contributed by atoms with Gasteiger partial charge in [0.15, 0.2) is 0 Å². The lowest BCUT2D eigenvalue weighted by molar-refractivity contribution is 0.0641. The van der Waals surface area contributed by atoms with Gasteiger partial charge in [-0.3, -0.25) is 0 Å². The van der Waals surface area contributed by atoms with Crippen LogP contribution in [0.15, 0.2) is 0 Å². The molecule has 1 spiro atoms. The maximum absolute atomic E-state index is 10.8. The van der Waals surface area contributed by atoms with Gasteiger partial charge in [-0.05, 0) is 18.3 Å². The summed E-state index contributed by atoms with van der Waals surface area (Å²) in [5, 5.41) is 7.87. The van der Waals surface area contributed by atoms with Crippen molar-refractivity contribution in [1.29, 1.82) is 0 Å². The minimum absolute atomic E-state index is 0.260. The van der Waals surface area contributed by atoms with Crippen LogP contribution in [-0.2, 0) is 10.0 Å². The molecule has 1 aliphatic carbocycles. The quantitative estimate of drug-likeness (QED) is 0.540. The highest BCUT2D eigenvalue weighted by atomic mass is 32.2. The van der Waals surface area contributed by atoms with Crippen LogP contribution in [0.5, 0.6) is 0 Å². The van der Waals surface area contributed by atoms with Crippen LogP contribution in [-0.4, -0.2) is 26.8 Å². The minimum atomic E-state index is -3.24. The molecule has 64 valence electrons. The van der Waals surface area contributed by atoms with Crippen LogP contribution in [0.3, 0.4) is 0 Å². The molecule has 0 unspecified atom stereocenters. The van der Waals surface area contributed by atoms with Crippen molar-refractivity contribution in [3.8, 4) is 0 Å². The van der Waals surface area contributed by atoms with E-state index >= 15 is 0 Å². The van der Waals surface area contributed by atoms with Crippen molar-refractivity contribution < 1.29 is 8.42 Å². The summed E-state index contributed by atoms with van der Waals surface area (Å²) in [5.74, 6) is 0. The molecule has 0 aromatic carbocycles. The van der Waals surface area contributed by atoms with Gasteiger partial charge in [-0.2, -0.15) is 0 Å². The lowest BCUT2D eigenvalue weighted by Gasteiger charge is -2.53. The van der Waals surface area contributed by atoms with Gasteiger partial charge in [0.2, 0.25) is 10.0 Å². The second-order valence-electron chi connectivity index (χ2n) is 3.72. The van der Waals surface area contributed by atoms with Gasteiger partial charge in [-0.15, -0.1) is 0 Å². The number of rotatable bonds is 1. The smallest absolute Gasteiger partial charge is 0.212 e. The Balaban J connectivity index is 1.98. The van der Waals surface area contributed by atoms with Crippen molar-refractivity contribution in [2.24, 2.45) is 10.6 Å². The fourth-order valence-electron chi connectivity index (χ4n) is 1.91. The molecule has 0 bridgehead atoms. The summed E-state index contributed by atoms with van der Waals surface area (Å²) in [5.41, 5.74) is 0.303. The van der Waals surface area contributed by atoms with Crippen molar-refractivity contribution in [3.05, 3.63) is 0 Å². The predicted molar refractivity (Wildman–Crippen MR) is 41.4 cm³/mol. The van der Waals surface area contributed by atoms with E-state index < -0.39 is 10.0 Å². The number of nitrogens with one attached hydrogen (secondary N) is 1. The summed E-state index contributed by atoms with van der Waals surface area (Å²) in [6.45, 7) is 1.94. The molecular weight excluding hydrogens is 164 g/mol. The maximum atomic E-state index is 10.8. The van der Waals surface area contributed by atoms with Gasteiger partial charge in [0.25, 0.3) is 0 Å². The third-order valence-electron chi connectivity index (χ3n) is 2.79. The van der Waals surface area contributed by atoms with Crippen LogP contribution in [0, 0.1) is 5.41 Å². The summed E-state index contributed by atoms with van der Waals surface area (Å²) < 4.78 is 21.6.